The van der Waals surface area contributed by atoms with Crippen molar-refractivity contribution in [1.29, 1.82) is 0 Å². The van der Waals surface area contributed by atoms with Gasteiger partial charge in [-0.1, -0.05) is 41.4 Å². The van der Waals surface area contributed by atoms with Crippen LogP contribution in [0.2, 0.25) is 5.02 Å². The van der Waals surface area contributed by atoms with E-state index in [0.29, 0.717) is 10.6 Å². The third-order valence-electron chi connectivity index (χ3n) is 2.82. The Balaban J connectivity index is 1.79. The van der Waals surface area contributed by atoms with Crippen molar-refractivity contribution in [3.63, 3.8) is 0 Å². The molecule has 0 atom stereocenters. The number of nitrogens with one attached hydrogen (secondary N) is 2. The average molecular weight is 335 g/mol. The van der Waals surface area contributed by atoms with Gasteiger partial charge in [0.05, 0.1) is 16.3 Å². The number of halogens is 1. The predicted octanol–water partition coefficient (Wildman–Crippen LogP) is 3.20. The van der Waals surface area contributed by atoms with Crippen molar-refractivity contribution in [2.75, 3.05) is 5.75 Å². The number of thioether (sulfide) groups is 1. The van der Waals surface area contributed by atoms with Gasteiger partial charge in [0.25, 0.3) is 5.91 Å². The van der Waals surface area contributed by atoms with Crippen molar-refractivity contribution in [2.45, 2.75) is 11.8 Å². The molecule has 4 nitrogen and oxygen atoms in total. The fraction of sp³-hybridized carbons (Fsp3) is 0.125. The Hall–Kier alpha value is -1.98. The van der Waals surface area contributed by atoms with Gasteiger partial charge in [0, 0.05) is 4.90 Å². The van der Waals surface area contributed by atoms with E-state index >= 15 is 0 Å². The Kier molecular flexibility index (Phi) is 5.86. The first-order valence-corrected chi connectivity index (χ1v) is 7.96. The summed E-state index contributed by atoms with van der Waals surface area (Å²) in [7, 11) is 0. The van der Waals surface area contributed by atoms with Crippen LogP contribution in [0, 0.1) is 6.92 Å². The monoisotopic (exact) mass is 334 g/mol. The average Bonchev–Trinajstić information content (AvgIpc) is 2.52. The normalized spacial score (nSPS) is 10.1. The molecule has 0 unspecified atom stereocenters. The van der Waals surface area contributed by atoms with E-state index in [1.807, 2.05) is 31.2 Å². The second kappa shape index (κ2) is 7.87. The second-order valence-corrected chi connectivity index (χ2v) is 6.04. The lowest BCUT2D eigenvalue weighted by molar-refractivity contribution is -0.119. The minimum atomic E-state index is -0.445. The van der Waals surface area contributed by atoms with Crippen LogP contribution in [0.15, 0.2) is 53.4 Å². The summed E-state index contributed by atoms with van der Waals surface area (Å²) in [4.78, 5) is 24.6. The molecule has 0 aliphatic carbocycles. The van der Waals surface area contributed by atoms with Crippen LogP contribution in [0.3, 0.4) is 0 Å². The van der Waals surface area contributed by atoms with Crippen LogP contribution in [0.25, 0.3) is 0 Å². The van der Waals surface area contributed by atoms with Crippen LogP contribution in [-0.2, 0) is 4.79 Å². The van der Waals surface area contributed by atoms with E-state index in [2.05, 4.69) is 10.9 Å². The highest BCUT2D eigenvalue weighted by molar-refractivity contribution is 8.00. The Morgan fingerprint density at radius 1 is 1.05 bits per heavy atom. The minimum Gasteiger partial charge on any atom is -0.272 e. The zero-order valence-corrected chi connectivity index (χ0v) is 13.5. The second-order valence-electron chi connectivity index (χ2n) is 4.58. The molecule has 0 saturated heterocycles. The quantitative estimate of drug-likeness (QED) is 0.667. The SMILES string of the molecule is Cc1ccc(SCC(=O)NNC(=O)c2ccccc2Cl)cc1. The van der Waals surface area contributed by atoms with E-state index in [0.717, 1.165) is 4.90 Å². The number of aryl methyl sites for hydroxylation is 1. The molecule has 0 bridgehead atoms. The largest absolute Gasteiger partial charge is 0.272 e. The maximum atomic E-state index is 11.9. The highest BCUT2D eigenvalue weighted by Gasteiger charge is 2.10. The lowest BCUT2D eigenvalue weighted by Gasteiger charge is -2.08. The van der Waals surface area contributed by atoms with Crippen LogP contribution < -0.4 is 10.9 Å². The van der Waals surface area contributed by atoms with E-state index in [1.54, 1.807) is 24.3 Å². The fourth-order valence-corrected chi connectivity index (χ4v) is 2.58. The van der Waals surface area contributed by atoms with Crippen LogP contribution >= 0.6 is 23.4 Å². The highest BCUT2D eigenvalue weighted by atomic mass is 35.5. The van der Waals surface area contributed by atoms with E-state index in [4.69, 9.17) is 11.6 Å². The number of carbonyl (C=O) groups excluding carboxylic acids is 2. The lowest BCUT2D eigenvalue weighted by Crippen LogP contribution is -2.42. The maximum Gasteiger partial charge on any atom is 0.271 e. The molecule has 0 aliphatic rings. The number of hydrazine groups is 1. The molecule has 0 radical (unpaired) electrons. The summed E-state index contributed by atoms with van der Waals surface area (Å²) in [5.41, 5.74) is 6.20. The summed E-state index contributed by atoms with van der Waals surface area (Å²) < 4.78 is 0. The summed E-state index contributed by atoms with van der Waals surface area (Å²) in [6.07, 6.45) is 0. The van der Waals surface area contributed by atoms with Crippen molar-refractivity contribution < 1.29 is 9.59 Å². The molecule has 2 rings (SSSR count). The maximum absolute atomic E-state index is 11.9. The smallest absolute Gasteiger partial charge is 0.271 e. The van der Waals surface area contributed by atoms with E-state index in [-0.39, 0.29) is 11.7 Å². The van der Waals surface area contributed by atoms with E-state index in [9.17, 15) is 9.59 Å². The summed E-state index contributed by atoms with van der Waals surface area (Å²) in [5.74, 6) is -0.517. The van der Waals surface area contributed by atoms with Crippen molar-refractivity contribution in [3.05, 3.63) is 64.7 Å². The number of amides is 2. The third-order valence-corrected chi connectivity index (χ3v) is 4.17. The molecule has 6 heteroatoms. The van der Waals surface area contributed by atoms with Gasteiger partial charge in [0.15, 0.2) is 0 Å². The van der Waals surface area contributed by atoms with Gasteiger partial charge in [0.1, 0.15) is 0 Å². The van der Waals surface area contributed by atoms with Crippen LogP contribution in [0.4, 0.5) is 0 Å². The molecule has 0 saturated carbocycles. The van der Waals surface area contributed by atoms with Gasteiger partial charge in [-0.25, -0.2) is 0 Å². The van der Waals surface area contributed by atoms with Gasteiger partial charge >= 0.3 is 0 Å². The molecule has 2 aromatic carbocycles. The van der Waals surface area contributed by atoms with Crippen molar-refractivity contribution in [1.82, 2.24) is 10.9 Å². The van der Waals surface area contributed by atoms with Crippen LogP contribution in [0.1, 0.15) is 15.9 Å². The van der Waals surface area contributed by atoms with Gasteiger partial charge in [-0.3, -0.25) is 20.4 Å². The standard InChI is InChI=1S/C16H15ClN2O2S/c1-11-6-8-12(9-7-11)22-10-15(20)18-19-16(21)13-4-2-3-5-14(13)17/h2-9H,10H2,1H3,(H,18,20)(H,19,21). The van der Waals surface area contributed by atoms with Crippen molar-refractivity contribution >= 4 is 35.2 Å². The minimum absolute atomic E-state index is 0.214. The zero-order chi connectivity index (χ0) is 15.9. The van der Waals surface area contributed by atoms with Gasteiger partial charge in [0.2, 0.25) is 5.91 Å². The lowest BCUT2D eigenvalue weighted by atomic mass is 10.2. The van der Waals surface area contributed by atoms with E-state index in [1.165, 1.54) is 17.3 Å². The Bertz CT molecular complexity index is 674. The highest BCUT2D eigenvalue weighted by Crippen LogP contribution is 2.17. The number of rotatable bonds is 4. The molecular formula is C16H15ClN2O2S. The summed E-state index contributed by atoms with van der Waals surface area (Å²) in [6.45, 7) is 2.01. The van der Waals surface area contributed by atoms with Gasteiger partial charge in [-0.15, -0.1) is 11.8 Å². The number of carbonyl (C=O) groups is 2. The molecular weight excluding hydrogens is 320 g/mol. The van der Waals surface area contributed by atoms with Crippen LogP contribution in [0.5, 0.6) is 0 Å². The summed E-state index contributed by atoms with van der Waals surface area (Å²) in [5, 5.41) is 0.336. The molecule has 2 amide bonds. The molecule has 0 heterocycles. The van der Waals surface area contributed by atoms with Crippen molar-refractivity contribution in [3.8, 4) is 0 Å². The first-order valence-electron chi connectivity index (χ1n) is 6.59. The molecule has 114 valence electrons. The molecule has 22 heavy (non-hydrogen) atoms. The first kappa shape index (κ1) is 16.4. The van der Waals surface area contributed by atoms with Crippen molar-refractivity contribution in [2.24, 2.45) is 0 Å². The van der Waals surface area contributed by atoms with Gasteiger partial charge in [-0.2, -0.15) is 0 Å². The number of hydrogen-bond acceptors (Lipinski definition) is 3. The molecule has 0 aliphatic heterocycles. The predicted molar refractivity (Wildman–Crippen MR) is 89.0 cm³/mol. The first-order chi connectivity index (χ1) is 10.6. The summed E-state index contributed by atoms with van der Waals surface area (Å²) >= 11 is 7.31. The number of benzene rings is 2. The Morgan fingerprint density at radius 2 is 1.73 bits per heavy atom. The van der Waals surface area contributed by atoms with Crippen LogP contribution in [-0.4, -0.2) is 17.6 Å². The van der Waals surface area contributed by atoms with E-state index < -0.39 is 5.91 Å². The topological polar surface area (TPSA) is 58.2 Å². The summed E-state index contributed by atoms with van der Waals surface area (Å²) in [6, 6.07) is 14.5. The fourth-order valence-electron chi connectivity index (χ4n) is 1.66. The number of hydrogen-bond donors (Lipinski definition) is 2. The Labute approximate surface area is 138 Å². The zero-order valence-electron chi connectivity index (χ0n) is 11.9. The Morgan fingerprint density at radius 3 is 2.41 bits per heavy atom. The molecule has 2 aromatic rings. The molecule has 2 N–H and O–H groups in total. The molecule has 0 spiro atoms. The van der Waals surface area contributed by atoms with Gasteiger partial charge in [-0.05, 0) is 31.2 Å². The molecule has 0 aromatic heterocycles. The molecule has 0 fully saturated rings. The third kappa shape index (κ3) is 4.79. The van der Waals surface area contributed by atoms with Gasteiger partial charge < -0.3 is 0 Å².